The lowest BCUT2D eigenvalue weighted by atomic mass is 10.2. The first-order valence-corrected chi connectivity index (χ1v) is 6.37. The maximum Gasteiger partial charge on any atom is 0.123 e. The summed E-state index contributed by atoms with van der Waals surface area (Å²) in [6.45, 7) is 6.16. The fourth-order valence-electron chi connectivity index (χ4n) is 2.25. The van der Waals surface area contributed by atoms with Gasteiger partial charge in [0.1, 0.15) is 11.6 Å². The van der Waals surface area contributed by atoms with E-state index in [2.05, 4.69) is 4.90 Å². The van der Waals surface area contributed by atoms with Crippen LogP contribution in [0, 0.1) is 12.7 Å². The molecule has 0 unspecified atom stereocenters. The van der Waals surface area contributed by atoms with Gasteiger partial charge in [-0.15, -0.1) is 0 Å². The quantitative estimate of drug-likeness (QED) is 0.730. The van der Waals surface area contributed by atoms with Crippen LogP contribution < -0.4 is 4.74 Å². The van der Waals surface area contributed by atoms with Crippen LogP contribution in [0.3, 0.4) is 0 Å². The molecule has 0 aromatic heterocycles. The summed E-state index contributed by atoms with van der Waals surface area (Å²) in [5.74, 6) is 0.597. The Kier molecular flexibility index (Phi) is 4.37. The Morgan fingerprint density at radius 1 is 1.29 bits per heavy atom. The first-order chi connectivity index (χ1) is 8.25. The van der Waals surface area contributed by atoms with Gasteiger partial charge in [-0.05, 0) is 63.0 Å². The molecule has 1 aromatic rings. The highest BCUT2D eigenvalue weighted by Gasteiger charge is 2.10. The molecule has 1 heterocycles. The first kappa shape index (κ1) is 12.4. The summed E-state index contributed by atoms with van der Waals surface area (Å²) in [6, 6.07) is 4.67. The second-order valence-electron chi connectivity index (χ2n) is 4.66. The molecular formula is C14H20FNO. The molecule has 3 heteroatoms. The van der Waals surface area contributed by atoms with Crippen LogP contribution in [0.5, 0.6) is 5.75 Å². The minimum absolute atomic E-state index is 0.202. The van der Waals surface area contributed by atoms with Crippen molar-refractivity contribution in [2.45, 2.75) is 26.2 Å². The van der Waals surface area contributed by atoms with E-state index in [1.165, 1.54) is 38.1 Å². The third kappa shape index (κ3) is 3.70. The fourth-order valence-corrected chi connectivity index (χ4v) is 2.25. The second-order valence-corrected chi connectivity index (χ2v) is 4.66. The number of ether oxygens (including phenoxy) is 1. The zero-order valence-electron chi connectivity index (χ0n) is 10.4. The van der Waals surface area contributed by atoms with Crippen LogP contribution in [0.25, 0.3) is 0 Å². The number of nitrogens with zero attached hydrogens (tertiary/aromatic N) is 1. The monoisotopic (exact) mass is 237 g/mol. The summed E-state index contributed by atoms with van der Waals surface area (Å²) >= 11 is 0. The Bertz CT molecular complexity index is 361. The summed E-state index contributed by atoms with van der Waals surface area (Å²) in [5.41, 5.74) is 0.867. The topological polar surface area (TPSA) is 12.5 Å². The minimum atomic E-state index is -0.202. The number of hydrogen-bond donors (Lipinski definition) is 0. The summed E-state index contributed by atoms with van der Waals surface area (Å²) in [6.07, 6.45) is 3.70. The van der Waals surface area contributed by atoms with E-state index in [0.29, 0.717) is 6.61 Å². The second kappa shape index (κ2) is 6.01. The van der Waals surface area contributed by atoms with Gasteiger partial charge < -0.3 is 9.64 Å². The molecule has 94 valence electrons. The predicted octanol–water partition coefficient (Wildman–Crippen LogP) is 3.00. The summed E-state index contributed by atoms with van der Waals surface area (Å²) in [7, 11) is 0. The van der Waals surface area contributed by atoms with Crippen LogP contribution in [0.1, 0.15) is 24.8 Å². The van der Waals surface area contributed by atoms with E-state index >= 15 is 0 Å². The number of benzene rings is 1. The first-order valence-electron chi connectivity index (χ1n) is 6.37. The number of hydrogen-bond acceptors (Lipinski definition) is 2. The van der Waals surface area contributed by atoms with Gasteiger partial charge >= 0.3 is 0 Å². The number of likely N-dealkylation sites (tertiary alicyclic amines) is 1. The van der Waals surface area contributed by atoms with Crippen LogP contribution in [-0.2, 0) is 0 Å². The molecule has 2 nitrogen and oxygen atoms in total. The van der Waals surface area contributed by atoms with Gasteiger partial charge in [0.25, 0.3) is 0 Å². The van der Waals surface area contributed by atoms with Crippen molar-refractivity contribution in [2.24, 2.45) is 0 Å². The number of aryl methyl sites for hydroxylation is 1. The molecule has 1 aliphatic heterocycles. The van der Waals surface area contributed by atoms with Crippen molar-refractivity contribution < 1.29 is 9.13 Å². The Balaban J connectivity index is 1.70. The normalized spacial score (nSPS) is 16.4. The Morgan fingerprint density at radius 3 is 2.76 bits per heavy atom. The smallest absolute Gasteiger partial charge is 0.123 e. The third-order valence-corrected chi connectivity index (χ3v) is 3.21. The molecule has 0 atom stereocenters. The molecule has 0 bridgehead atoms. The molecule has 0 aliphatic carbocycles. The van der Waals surface area contributed by atoms with Crippen LogP contribution in [-0.4, -0.2) is 31.1 Å². The molecule has 0 radical (unpaired) electrons. The minimum Gasteiger partial charge on any atom is -0.493 e. The summed E-state index contributed by atoms with van der Waals surface area (Å²) in [5, 5.41) is 0. The van der Waals surface area contributed by atoms with E-state index in [4.69, 9.17) is 4.74 Å². The fraction of sp³-hybridized carbons (Fsp3) is 0.571. The van der Waals surface area contributed by atoms with Gasteiger partial charge in [-0.3, -0.25) is 0 Å². The van der Waals surface area contributed by atoms with Gasteiger partial charge in [0.15, 0.2) is 0 Å². The molecule has 1 saturated heterocycles. The average molecular weight is 237 g/mol. The van der Waals surface area contributed by atoms with Gasteiger partial charge in [-0.1, -0.05) is 0 Å². The maximum absolute atomic E-state index is 12.9. The summed E-state index contributed by atoms with van der Waals surface area (Å²) in [4.78, 5) is 2.47. The molecule has 1 fully saturated rings. The largest absolute Gasteiger partial charge is 0.493 e. The predicted molar refractivity (Wildman–Crippen MR) is 66.9 cm³/mol. The van der Waals surface area contributed by atoms with Crippen LogP contribution in [0.15, 0.2) is 18.2 Å². The molecule has 0 spiro atoms. The molecule has 1 aliphatic rings. The zero-order chi connectivity index (χ0) is 12.1. The SMILES string of the molecule is Cc1cc(F)ccc1OCCCN1CCCC1. The van der Waals surface area contributed by atoms with Crippen LogP contribution >= 0.6 is 0 Å². The van der Waals surface area contributed by atoms with E-state index in [-0.39, 0.29) is 5.82 Å². The summed E-state index contributed by atoms with van der Waals surface area (Å²) < 4.78 is 18.5. The third-order valence-electron chi connectivity index (χ3n) is 3.21. The molecule has 0 amide bonds. The Hall–Kier alpha value is -1.09. The molecule has 17 heavy (non-hydrogen) atoms. The van der Waals surface area contributed by atoms with Crippen molar-refractivity contribution in [1.29, 1.82) is 0 Å². The van der Waals surface area contributed by atoms with Gasteiger partial charge in [0.2, 0.25) is 0 Å². The number of rotatable bonds is 5. The van der Waals surface area contributed by atoms with E-state index in [1.54, 1.807) is 6.07 Å². The van der Waals surface area contributed by atoms with Gasteiger partial charge in [-0.25, -0.2) is 4.39 Å². The lowest BCUT2D eigenvalue weighted by Gasteiger charge is -2.15. The average Bonchev–Trinajstić information content (AvgIpc) is 2.79. The highest BCUT2D eigenvalue weighted by molar-refractivity contribution is 5.32. The van der Waals surface area contributed by atoms with Gasteiger partial charge in [0.05, 0.1) is 6.61 Å². The lowest BCUT2D eigenvalue weighted by Crippen LogP contribution is -2.21. The van der Waals surface area contributed by atoms with Crippen molar-refractivity contribution in [2.75, 3.05) is 26.2 Å². The van der Waals surface area contributed by atoms with Crippen molar-refractivity contribution >= 4 is 0 Å². The maximum atomic E-state index is 12.9. The van der Waals surface area contributed by atoms with Crippen molar-refractivity contribution in [1.82, 2.24) is 4.90 Å². The van der Waals surface area contributed by atoms with E-state index in [9.17, 15) is 4.39 Å². The number of halogens is 1. The van der Waals surface area contributed by atoms with Gasteiger partial charge in [-0.2, -0.15) is 0 Å². The van der Waals surface area contributed by atoms with Crippen LogP contribution in [0.2, 0.25) is 0 Å². The van der Waals surface area contributed by atoms with Crippen molar-refractivity contribution in [3.8, 4) is 5.75 Å². The van der Waals surface area contributed by atoms with Crippen LogP contribution in [0.4, 0.5) is 4.39 Å². The Morgan fingerprint density at radius 2 is 2.06 bits per heavy atom. The molecule has 0 N–H and O–H groups in total. The lowest BCUT2D eigenvalue weighted by molar-refractivity contribution is 0.262. The Labute approximate surface area is 102 Å². The van der Waals surface area contributed by atoms with E-state index in [1.807, 2.05) is 6.92 Å². The standard InChI is InChI=1S/C14H20FNO/c1-12-11-13(15)5-6-14(12)17-10-4-9-16-7-2-3-8-16/h5-6,11H,2-4,7-10H2,1H3. The van der Waals surface area contributed by atoms with Gasteiger partial charge in [0, 0.05) is 6.54 Å². The van der Waals surface area contributed by atoms with Crippen molar-refractivity contribution in [3.63, 3.8) is 0 Å². The molecule has 0 saturated carbocycles. The molecular weight excluding hydrogens is 217 g/mol. The highest BCUT2D eigenvalue weighted by Crippen LogP contribution is 2.18. The zero-order valence-corrected chi connectivity index (χ0v) is 10.4. The van der Waals surface area contributed by atoms with Crippen molar-refractivity contribution in [3.05, 3.63) is 29.6 Å². The molecule has 1 aromatic carbocycles. The van der Waals surface area contributed by atoms with E-state index < -0.39 is 0 Å². The highest BCUT2D eigenvalue weighted by atomic mass is 19.1. The van der Waals surface area contributed by atoms with E-state index in [0.717, 1.165) is 24.3 Å². The molecule has 2 rings (SSSR count).